The lowest BCUT2D eigenvalue weighted by molar-refractivity contribution is 0.0966. The molecule has 18 heavy (non-hydrogen) atoms. The van der Waals surface area contributed by atoms with E-state index in [9.17, 15) is 4.79 Å². The topological polar surface area (TPSA) is 95.9 Å². The van der Waals surface area contributed by atoms with Crippen molar-refractivity contribution in [2.45, 2.75) is 13.1 Å². The maximum Gasteiger partial charge on any atom is 0.186 e. The molecule has 0 atom stereocenters. The first-order valence-electron chi connectivity index (χ1n) is 5.34. The second-order valence-electron chi connectivity index (χ2n) is 3.65. The van der Waals surface area contributed by atoms with Gasteiger partial charge in [-0.15, -0.1) is 5.10 Å². The van der Waals surface area contributed by atoms with Gasteiger partial charge in [0.15, 0.2) is 5.78 Å². The maximum absolute atomic E-state index is 12.0. The molecular formula is C11H13N5O2. The van der Waals surface area contributed by atoms with E-state index in [2.05, 4.69) is 15.3 Å². The van der Waals surface area contributed by atoms with Crippen molar-refractivity contribution in [2.75, 3.05) is 7.11 Å². The molecule has 7 heteroatoms. The fourth-order valence-electron chi connectivity index (χ4n) is 1.43. The van der Waals surface area contributed by atoms with Gasteiger partial charge in [0, 0.05) is 18.3 Å². The molecule has 0 amide bonds. The fourth-order valence-corrected chi connectivity index (χ4v) is 1.43. The summed E-state index contributed by atoms with van der Waals surface area (Å²) in [6, 6.07) is 1.64. The highest BCUT2D eigenvalue weighted by Crippen LogP contribution is 2.11. The number of nitrogens with zero attached hydrogens (tertiary/aromatic N) is 4. The first-order chi connectivity index (χ1) is 8.72. The first kappa shape index (κ1) is 12.2. The van der Waals surface area contributed by atoms with Crippen LogP contribution in [0.25, 0.3) is 0 Å². The third kappa shape index (κ3) is 2.69. The summed E-state index contributed by atoms with van der Waals surface area (Å²) in [5.41, 5.74) is 6.53. The van der Waals surface area contributed by atoms with Crippen molar-refractivity contribution in [1.29, 1.82) is 0 Å². The lowest BCUT2D eigenvalue weighted by atomic mass is 10.2. The molecule has 0 aromatic carbocycles. The molecule has 0 aliphatic carbocycles. The summed E-state index contributed by atoms with van der Waals surface area (Å²) in [7, 11) is 1.52. The Morgan fingerprint density at radius 2 is 2.33 bits per heavy atom. The molecule has 0 bridgehead atoms. The van der Waals surface area contributed by atoms with E-state index in [4.69, 9.17) is 10.5 Å². The molecule has 2 aromatic rings. The van der Waals surface area contributed by atoms with E-state index in [-0.39, 0.29) is 12.3 Å². The number of methoxy groups -OCH3 is 1. The molecule has 0 fully saturated rings. The number of carbonyl (C=O) groups excluding carboxylic acids is 1. The summed E-state index contributed by atoms with van der Waals surface area (Å²) in [4.78, 5) is 15.9. The third-order valence-electron chi connectivity index (χ3n) is 2.37. The summed E-state index contributed by atoms with van der Waals surface area (Å²) in [6.45, 7) is 0.400. The van der Waals surface area contributed by atoms with Gasteiger partial charge in [0.25, 0.3) is 0 Å². The third-order valence-corrected chi connectivity index (χ3v) is 2.37. The zero-order valence-corrected chi connectivity index (χ0v) is 9.91. The van der Waals surface area contributed by atoms with Crippen molar-refractivity contribution in [3.8, 4) is 5.75 Å². The number of ketones is 1. The quantitative estimate of drug-likeness (QED) is 0.748. The molecule has 7 nitrogen and oxygen atoms in total. The summed E-state index contributed by atoms with van der Waals surface area (Å²) in [5.74, 6) is 0.428. The summed E-state index contributed by atoms with van der Waals surface area (Å²) >= 11 is 0. The van der Waals surface area contributed by atoms with Gasteiger partial charge in [0.2, 0.25) is 0 Å². The number of aromatic nitrogens is 4. The fraction of sp³-hybridized carbons (Fsp3) is 0.273. The highest BCUT2D eigenvalue weighted by molar-refractivity contribution is 5.95. The molecule has 0 radical (unpaired) electrons. The minimum absolute atomic E-state index is 0.0991. The summed E-state index contributed by atoms with van der Waals surface area (Å²) in [6.07, 6.45) is 4.68. The van der Waals surface area contributed by atoms with Crippen LogP contribution in [0.15, 0.2) is 24.7 Å². The van der Waals surface area contributed by atoms with Crippen LogP contribution in [0.4, 0.5) is 0 Å². The molecule has 0 saturated heterocycles. The maximum atomic E-state index is 12.0. The highest BCUT2D eigenvalue weighted by Gasteiger charge is 2.09. The molecule has 2 heterocycles. The number of rotatable bonds is 5. The van der Waals surface area contributed by atoms with E-state index in [1.54, 1.807) is 18.5 Å². The number of Topliss-reactive ketones (excluding diaryl/α,β-unsaturated/α-hetero) is 1. The zero-order chi connectivity index (χ0) is 13.0. The van der Waals surface area contributed by atoms with Gasteiger partial charge in [-0.2, -0.15) is 0 Å². The average Bonchev–Trinajstić information content (AvgIpc) is 2.86. The standard InChI is InChI=1S/C11H13N5O2/c1-18-10-2-8(4-13-5-10)11(17)7-16-6-9(3-12)14-15-16/h2,4-6H,3,7,12H2,1H3. The van der Waals surface area contributed by atoms with Crippen molar-refractivity contribution in [1.82, 2.24) is 20.0 Å². The normalized spacial score (nSPS) is 10.3. The Bertz CT molecular complexity index is 552. The summed E-state index contributed by atoms with van der Waals surface area (Å²) in [5, 5.41) is 7.62. The smallest absolute Gasteiger partial charge is 0.186 e. The van der Waals surface area contributed by atoms with Crippen molar-refractivity contribution >= 4 is 5.78 Å². The van der Waals surface area contributed by atoms with E-state index in [0.717, 1.165) is 0 Å². The van der Waals surface area contributed by atoms with Gasteiger partial charge in [-0.3, -0.25) is 9.78 Å². The van der Waals surface area contributed by atoms with Crippen LogP contribution >= 0.6 is 0 Å². The Labute approximate surface area is 104 Å². The first-order valence-corrected chi connectivity index (χ1v) is 5.34. The largest absolute Gasteiger partial charge is 0.495 e. The van der Waals surface area contributed by atoms with Crippen LogP contribution in [-0.2, 0) is 13.1 Å². The van der Waals surface area contributed by atoms with Crippen molar-refractivity contribution in [3.63, 3.8) is 0 Å². The van der Waals surface area contributed by atoms with Crippen LogP contribution < -0.4 is 10.5 Å². The highest BCUT2D eigenvalue weighted by atomic mass is 16.5. The number of pyridine rings is 1. The number of ether oxygens (including phenoxy) is 1. The molecule has 2 rings (SSSR count). The van der Waals surface area contributed by atoms with Gasteiger partial charge in [0.1, 0.15) is 12.3 Å². The second-order valence-corrected chi connectivity index (χ2v) is 3.65. The average molecular weight is 247 g/mol. The summed E-state index contributed by atoms with van der Waals surface area (Å²) < 4.78 is 6.46. The minimum atomic E-state index is -0.116. The lowest BCUT2D eigenvalue weighted by Gasteiger charge is -2.02. The van der Waals surface area contributed by atoms with E-state index in [1.165, 1.54) is 18.0 Å². The van der Waals surface area contributed by atoms with Crippen molar-refractivity contribution in [3.05, 3.63) is 35.9 Å². The molecule has 0 aliphatic rings. The molecule has 0 saturated carbocycles. The molecule has 2 aromatic heterocycles. The minimum Gasteiger partial charge on any atom is -0.495 e. The van der Waals surface area contributed by atoms with E-state index < -0.39 is 0 Å². The molecular weight excluding hydrogens is 234 g/mol. The molecule has 94 valence electrons. The molecule has 0 aliphatic heterocycles. The van der Waals surface area contributed by atoms with Crippen LogP contribution in [-0.4, -0.2) is 32.9 Å². The van der Waals surface area contributed by atoms with Gasteiger partial charge in [0.05, 0.1) is 25.2 Å². The van der Waals surface area contributed by atoms with E-state index in [1.807, 2.05) is 0 Å². The van der Waals surface area contributed by atoms with Gasteiger partial charge in [-0.05, 0) is 6.07 Å². The van der Waals surface area contributed by atoms with Crippen LogP contribution in [0.1, 0.15) is 16.1 Å². The Morgan fingerprint density at radius 3 is 3.00 bits per heavy atom. The monoisotopic (exact) mass is 247 g/mol. The van der Waals surface area contributed by atoms with Crippen LogP contribution in [0, 0.1) is 0 Å². The van der Waals surface area contributed by atoms with Crippen LogP contribution in [0.5, 0.6) is 5.75 Å². The van der Waals surface area contributed by atoms with Gasteiger partial charge >= 0.3 is 0 Å². The Balaban J connectivity index is 2.11. The Morgan fingerprint density at radius 1 is 1.50 bits per heavy atom. The Hall–Kier alpha value is -2.28. The number of hydrogen-bond acceptors (Lipinski definition) is 6. The van der Waals surface area contributed by atoms with Gasteiger partial charge in [-0.1, -0.05) is 5.21 Å². The predicted octanol–water partition coefficient (Wildman–Crippen LogP) is 0.0233. The SMILES string of the molecule is COc1cncc(C(=O)Cn2cc(CN)nn2)c1. The van der Waals surface area contributed by atoms with Crippen molar-refractivity contribution in [2.24, 2.45) is 5.73 Å². The predicted molar refractivity (Wildman–Crippen MR) is 63.0 cm³/mol. The zero-order valence-electron chi connectivity index (χ0n) is 9.91. The van der Waals surface area contributed by atoms with E-state index >= 15 is 0 Å². The molecule has 0 spiro atoms. The lowest BCUT2D eigenvalue weighted by Crippen LogP contribution is -2.11. The Kier molecular flexibility index (Phi) is 3.63. The van der Waals surface area contributed by atoms with Gasteiger partial charge in [-0.25, -0.2) is 4.68 Å². The number of carbonyl (C=O) groups is 1. The van der Waals surface area contributed by atoms with Crippen molar-refractivity contribution < 1.29 is 9.53 Å². The second kappa shape index (κ2) is 5.37. The van der Waals surface area contributed by atoms with Crippen LogP contribution in [0.2, 0.25) is 0 Å². The molecule has 0 unspecified atom stereocenters. The number of hydrogen-bond donors (Lipinski definition) is 1. The van der Waals surface area contributed by atoms with Gasteiger partial charge < -0.3 is 10.5 Å². The van der Waals surface area contributed by atoms with E-state index in [0.29, 0.717) is 23.6 Å². The number of nitrogens with two attached hydrogens (primary N) is 1. The van der Waals surface area contributed by atoms with Crippen LogP contribution in [0.3, 0.4) is 0 Å². The molecule has 2 N–H and O–H groups in total.